The number of ether oxygens (including phenoxy) is 2. The number of carbonyl (C=O) groups excluding carboxylic acids is 1. The second-order valence-electron chi connectivity index (χ2n) is 6.96. The first kappa shape index (κ1) is 22.6. The largest absolute Gasteiger partial charge is 0.493 e. The Bertz CT molecular complexity index is 919. The number of benzene rings is 1. The molecule has 0 bridgehead atoms. The highest BCUT2D eigenvalue weighted by Crippen LogP contribution is 2.29. The number of fused-ring (bicyclic) bond motifs is 1. The molecule has 4 N–H and O–H groups in total. The molecule has 1 aliphatic heterocycles. The number of aliphatic hydroxyl groups is 3. The molecule has 1 saturated heterocycles. The van der Waals surface area contributed by atoms with Gasteiger partial charge in [-0.2, -0.15) is 0 Å². The second-order valence-corrected chi connectivity index (χ2v) is 8.17. The van der Waals surface area contributed by atoms with Crippen molar-refractivity contribution < 1.29 is 34.0 Å². The highest BCUT2D eigenvalue weighted by atomic mass is 32.2. The van der Waals surface area contributed by atoms with Crippen LogP contribution < -0.4 is 15.7 Å². The normalized spacial score (nSPS) is 26.5. The molecule has 1 aromatic heterocycles. The summed E-state index contributed by atoms with van der Waals surface area (Å²) in [5.41, 5.74) is -0.601. The van der Waals surface area contributed by atoms with Crippen molar-refractivity contribution in [3.63, 3.8) is 0 Å². The monoisotopic (exact) mass is 439 g/mol. The van der Waals surface area contributed by atoms with Gasteiger partial charge >= 0.3 is 5.63 Å². The molecule has 164 valence electrons. The third-order valence-corrected chi connectivity index (χ3v) is 5.94. The van der Waals surface area contributed by atoms with Gasteiger partial charge in [-0.15, -0.1) is 11.8 Å². The lowest BCUT2D eigenvalue weighted by molar-refractivity contribution is -0.173. The molecule has 0 unspecified atom stereocenters. The summed E-state index contributed by atoms with van der Waals surface area (Å²) in [5, 5.41) is 33.1. The van der Waals surface area contributed by atoms with Gasteiger partial charge < -0.3 is 34.5 Å². The Labute approximate surface area is 177 Å². The maximum absolute atomic E-state index is 11.4. The third-order valence-electron chi connectivity index (χ3n) is 4.68. The molecule has 0 saturated carbocycles. The summed E-state index contributed by atoms with van der Waals surface area (Å²) in [7, 11) is 0. The lowest BCUT2D eigenvalue weighted by atomic mass is 9.98. The molecule has 0 radical (unpaired) electrons. The number of hydrogen-bond donors (Lipinski definition) is 4. The number of nitrogens with one attached hydrogen (secondary N) is 1. The van der Waals surface area contributed by atoms with Gasteiger partial charge in [0.15, 0.2) is 0 Å². The Balaban J connectivity index is 1.51. The van der Waals surface area contributed by atoms with Crippen molar-refractivity contribution >= 4 is 28.6 Å². The van der Waals surface area contributed by atoms with E-state index in [1.54, 1.807) is 24.3 Å². The fraction of sp³-hybridized carbons (Fsp3) is 0.500. The van der Waals surface area contributed by atoms with Crippen LogP contribution in [0.4, 0.5) is 0 Å². The van der Waals surface area contributed by atoms with Crippen molar-refractivity contribution in [2.45, 2.75) is 43.1 Å². The van der Waals surface area contributed by atoms with Crippen LogP contribution in [0.1, 0.15) is 13.3 Å². The summed E-state index contributed by atoms with van der Waals surface area (Å²) in [6.07, 6.45) is -2.83. The van der Waals surface area contributed by atoms with Crippen LogP contribution in [0, 0.1) is 0 Å². The van der Waals surface area contributed by atoms with Crippen LogP contribution in [0.15, 0.2) is 39.5 Å². The van der Waals surface area contributed by atoms with Crippen molar-refractivity contribution in [3.8, 4) is 5.75 Å². The summed E-state index contributed by atoms with van der Waals surface area (Å²) >= 11 is 1.35. The molecule has 1 aromatic carbocycles. The van der Waals surface area contributed by atoms with E-state index in [1.165, 1.54) is 24.8 Å². The van der Waals surface area contributed by atoms with E-state index in [1.807, 2.05) is 0 Å². The first-order valence-corrected chi connectivity index (χ1v) is 10.6. The van der Waals surface area contributed by atoms with E-state index >= 15 is 0 Å². The zero-order valence-corrected chi connectivity index (χ0v) is 17.2. The third kappa shape index (κ3) is 5.52. The Kier molecular flexibility index (Phi) is 7.73. The minimum absolute atomic E-state index is 0.353. The lowest BCUT2D eigenvalue weighted by Gasteiger charge is -2.42. The van der Waals surface area contributed by atoms with E-state index in [0.29, 0.717) is 30.1 Å². The Hall–Kier alpha value is -2.11. The lowest BCUT2D eigenvalue weighted by Crippen LogP contribution is -2.63. The topological polar surface area (TPSA) is 138 Å². The van der Waals surface area contributed by atoms with E-state index in [0.717, 1.165) is 5.39 Å². The zero-order valence-electron chi connectivity index (χ0n) is 16.4. The average molecular weight is 439 g/mol. The average Bonchev–Trinajstić information content (AvgIpc) is 2.72. The molecule has 3 rings (SSSR count). The van der Waals surface area contributed by atoms with E-state index in [2.05, 4.69) is 5.32 Å². The standard InChI is InChI=1S/C20H25NO8S/c1-11(23)21-17-19(26)18(25)15(10-22)29-20(17)30-8-2-7-27-13-5-3-12-4-6-16(24)28-14(12)9-13/h3-6,9,15,17-20,22,25-26H,2,7-8,10H2,1H3,(H,21,23)/t15-,17-,18-,19-,20+/m1/s1. The van der Waals surface area contributed by atoms with E-state index in [-0.39, 0.29) is 5.91 Å². The highest BCUT2D eigenvalue weighted by Gasteiger charge is 2.44. The van der Waals surface area contributed by atoms with Crippen LogP contribution in [-0.2, 0) is 9.53 Å². The molecule has 30 heavy (non-hydrogen) atoms. The van der Waals surface area contributed by atoms with Crippen LogP contribution in [0.2, 0.25) is 0 Å². The summed E-state index contributed by atoms with van der Waals surface area (Å²) < 4.78 is 16.5. The van der Waals surface area contributed by atoms with Crippen LogP contribution in [0.5, 0.6) is 5.75 Å². The Morgan fingerprint density at radius 3 is 2.73 bits per heavy atom. The fourth-order valence-corrected chi connectivity index (χ4v) is 4.37. The fourth-order valence-electron chi connectivity index (χ4n) is 3.19. The molecule has 5 atom stereocenters. The van der Waals surface area contributed by atoms with Crippen LogP contribution in [-0.4, -0.2) is 70.0 Å². The van der Waals surface area contributed by atoms with Crippen molar-refractivity contribution in [2.75, 3.05) is 19.0 Å². The highest BCUT2D eigenvalue weighted by molar-refractivity contribution is 7.99. The molecule has 1 fully saturated rings. The molecule has 1 aliphatic rings. The molecule has 2 heterocycles. The Morgan fingerprint density at radius 1 is 1.23 bits per heavy atom. The number of hydrogen-bond acceptors (Lipinski definition) is 9. The first-order valence-electron chi connectivity index (χ1n) is 9.57. The van der Waals surface area contributed by atoms with Crippen LogP contribution >= 0.6 is 11.8 Å². The maximum atomic E-state index is 11.4. The number of thioether (sulfide) groups is 1. The molecule has 0 spiro atoms. The van der Waals surface area contributed by atoms with Crippen molar-refractivity contribution in [3.05, 3.63) is 40.8 Å². The molecule has 2 aromatic rings. The predicted molar refractivity (Wildman–Crippen MR) is 110 cm³/mol. The van der Waals surface area contributed by atoms with Gasteiger partial charge in [-0.25, -0.2) is 4.79 Å². The molecular weight excluding hydrogens is 414 g/mol. The minimum Gasteiger partial charge on any atom is -0.493 e. The Morgan fingerprint density at radius 2 is 2.00 bits per heavy atom. The smallest absolute Gasteiger partial charge is 0.336 e. The van der Waals surface area contributed by atoms with Gasteiger partial charge in [0.25, 0.3) is 0 Å². The van der Waals surface area contributed by atoms with Gasteiger partial charge in [-0.05, 0) is 30.4 Å². The zero-order chi connectivity index (χ0) is 21.7. The molecule has 1 amide bonds. The van der Waals surface area contributed by atoms with Gasteiger partial charge in [0, 0.05) is 24.4 Å². The summed E-state index contributed by atoms with van der Waals surface area (Å²) in [6.45, 7) is 1.27. The number of rotatable bonds is 8. The van der Waals surface area contributed by atoms with E-state index in [4.69, 9.17) is 13.9 Å². The quantitative estimate of drug-likeness (QED) is 0.336. The maximum Gasteiger partial charge on any atom is 0.336 e. The minimum atomic E-state index is -1.29. The number of carbonyl (C=O) groups is 1. The summed E-state index contributed by atoms with van der Waals surface area (Å²) in [6, 6.07) is 7.49. The van der Waals surface area contributed by atoms with E-state index < -0.39 is 42.0 Å². The van der Waals surface area contributed by atoms with Crippen molar-refractivity contribution in [1.29, 1.82) is 0 Å². The van der Waals surface area contributed by atoms with Gasteiger partial charge in [0.2, 0.25) is 5.91 Å². The van der Waals surface area contributed by atoms with Gasteiger partial charge in [0.05, 0.1) is 19.3 Å². The van der Waals surface area contributed by atoms with Crippen LogP contribution in [0.25, 0.3) is 11.0 Å². The number of aliphatic hydroxyl groups excluding tert-OH is 3. The SMILES string of the molecule is CC(=O)N[C@@H]1[C@@H](O)[C@H](O)[C@@H](CO)O[C@H]1SCCCOc1ccc2ccc(=O)oc2c1. The summed E-state index contributed by atoms with van der Waals surface area (Å²) in [4.78, 5) is 22.8. The molecular formula is C20H25NO8S. The molecule has 0 aliphatic carbocycles. The van der Waals surface area contributed by atoms with E-state index in [9.17, 15) is 24.9 Å². The number of amides is 1. The van der Waals surface area contributed by atoms with Crippen molar-refractivity contribution in [2.24, 2.45) is 0 Å². The second kappa shape index (κ2) is 10.3. The van der Waals surface area contributed by atoms with Gasteiger partial charge in [-0.1, -0.05) is 0 Å². The van der Waals surface area contributed by atoms with Crippen LogP contribution in [0.3, 0.4) is 0 Å². The molecule has 10 heteroatoms. The van der Waals surface area contributed by atoms with Gasteiger partial charge in [0.1, 0.15) is 35.1 Å². The first-order chi connectivity index (χ1) is 14.4. The predicted octanol–water partition coefficient (Wildman–Crippen LogP) is 0.239. The van der Waals surface area contributed by atoms with Gasteiger partial charge in [-0.3, -0.25) is 4.79 Å². The molecule has 9 nitrogen and oxygen atoms in total. The summed E-state index contributed by atoms with van der Waals surface area (Å²) in [5.74, 6) is 0.810. The van der Waals surface area contributed by atoms with Crippen molar-refractivity contribution in [1.82, 2.24) is 5.32 Å².